The number of aliphatic hydroxyl groups is 1. The molecular weight excluding hydrogens is 436 g/mol. The van der Waals surface area contributed by atoms with Gasteiger partial charge in [0.15, 0.2) is 11.2 Å². The lowest BCUT2D eigenvalue weighted by atomic mass is 10.1. The van der Waals surface area contributed by atoms with Crippen LogP contribution < -0.4 is 21.9 Å². The molecule has 0 saturated carbocycles. The van der Waals surface area contributed by atoms with Crippen molar-refractivity contribution in [2.24, 2.45) is 7.05 Å². The highest BCUT2D eigenvalue weighted by Crippen LogP contribution is 2.16. The van der Waals surface area contributed by atoms with Crippen LogP contribution in [0.3, 0.4) is 0 Å². The van der Waals surface area contributed by atoms with Crippen LogP contribution in [-0.2, 0) is 16.6 Å². The van der Waals surface area contributed by atoms with Gasteiger partial charge in [-0.1, -0.05) is 12.1 Å². The van der Waals surface area contributed by atoms with E-state index in [-0.39, 0.29) is 28.1 Å². The smallest absolute Gasteiger partial charge is 0.339 e. The number of aromatic amines is 1. The number of hydrogen-bond donors (Lipinski definition) is 4. The Labute approximate surface area is 185 Å². The van der Waals surface area contributed by atoms with E-state index in [4.69, 9.17) is 0 Å². The number of nitrogens with one attached hydrogen (secondary N) is 3. The molecule has 0 spiro atoms. The van der Waals surface area contributed by atoms with E-state index in [1.807, 2.05) is 0 Å². The van der Waals surface area contributed by atoms with Gasteiger partial charge in [-0.25, -0.2) is 19.6 Å². The number of benzene rings is 1. The van der Waals surface area contributed by atoms with Crippen LogP contribution in [0.15, 0.2) is 40.1 Å². The quantitative estimate of drug-likeness (QED) is 0.335. The lowest BCUT2D eigenvalue weighted by Gasteiger charge is -2.21. The van der Waals surface area contributed by atoms with E-state index < -0.39 is 41.2 Å². The summed E-state index contributed by atoms with van der Waals surface area (Å²) in [5.41, 5.74) is -1.95. The molecular formula is C20H20N6O7. The number of methoxy groups -OCH3 is 1. The number of anilines is 1. The highest BCUT2D eigenvalue weighted by molar-refractivity contribution is 6.05. The summed E-state index contributed by atoms with van der Waals surface area (Å²) < 4.78 is 5.44. The van der Waals surface area contributed by atoms with Gasteiger partial charge >= 0.3 is 11.7 Å². The van der Waals surface area contributed by atoms with E-state index in [0.29, 0.717) is 0 Å². The van der Waals surface area contributed by atoms with Crippen molar-refractivity contribution in [1.82, 2.24) is 24.8 Å². The number of nitrogens with zero attached hydrogens (tertiary/aromatic N) is 3. The first-order chi connectivity index (χ1) is 15.6. The highest BCUT2D eigenvalue weighted by atomic mass is 16.5. The van der Waals surface area contributed by atoms with Crippen LogP contribution in [0.4, 0.5) is 5.69 Å². The predicted octanol–water partition coefficient (Wildman–Crippen LogP) is -1.08. The molecule has 0 aliphatic heterocycles. The Kier molecular flexibility index (Phi) is 6.63. The third-order valence-electron chi connectivity index (χ3n) is 4.68. The van der Waals surface area contributed by atoms with Crippen molar-refractivity contribution in [2.75, 3.05) is 12.4 Å². The number of carbonyl (C=O) groups excluding carboxylic acids is 3. The predicted molar refractivity (Wildman–Crippen MR) is 115 cm³/mol. The summed E-state index contributed by atoms with van der Waals surface area (Å²) in [7, 11) is 2.42. The number of hydrogen-bond acceptors (Lipinski definition) is 9. The number of carbonyl (C=O) groups is 3. The minimum absolute atomic E-state index is 0.0780. The number of aliphatic hydroxyl groups excluding tert-OH is 1. The lowest BCUT2D eigenvalue weighted by Crippen LogP contribution is -2.50. The van der Waals surface area contributed by atoms with Crippen LogP contribution in [-0.4, -0.2) is 61.7 Å². The molecule has 172 valence electrons. The molecule has 0 aliphatic carbocycles. The van der Waals surface area contributed by atoms with Gasteiger partial charge in [0, 0.05) is 7.05 Å². The molecule has 2 atom stereocenters. The third-order valence-corrected chi connectivity index (χ3v) is 4.68. The fourth-order valence-corrected chi connectivity index (χ4v) is 2.89. The lowest BCUT2D eigenvalue weighted by molar-refractivity contribution is -0.120. The number of esters is 1. The monoisotopic (exact) mass is 456 g/mol. The topological polar surface area (TPSA) is 185 Å². The average molecular weight is 456 g/mol. The van der Waals surface area contributed by atoms with Crippen LogP contribution in [0.1, 0.15) is 27.8 Å². The van der Waals surface area contributed by atoms with Crippen molar-refractivity contribution in [2.45, 2.75) is 19.1 Å². The molecule has 33 heavy (non-hydrogen) atoms. The zero-order valence-corrected chi connectivity index (χ0v) is 17.8. The number of ether oxygens (including phenoxy) is 1. The molecule has 1 aromatic carbocycles. The SMILES string of the molecule is COC(=O)c1ccccc1NC(=O)[C@@H](NC(=O)c1cnc2[nH]c(=O)n(C)c(=O)c2n1)[C@@H](C)O. The fraction of sp³-hybridized carbons (Fsp3) is 0.250. The number of fused-ring (bicyclic) bond motifs is 1. The minimum Gasteiger partial charge on any atom is -0.465 e. The summed E-state index contributed by atoms with van der Waals surface area (Å²) in [6.07, 6.45) is -0.326. The maximum Gasteiger partial charge on any atom is 0.339 e. The van der Waals surface area contributed by atoms with E-state index in [0.717, 1.165) is 10.8 Å². The van der Waals surface area contributed by atoms with Crippen LogP contribution >= 0.6 is 0 Å². The van der Waals surface area contributed by atoms with Crippen LogP contribution in [0.5, 0.6) is 0 Å². The second-order valence-electron chi connectivity index (χ2n) is 6.96. The van der Waals surface area contributed by atoms with Gasteiger partial charge in [0.05, 0.1) is 30.7 Å². The maximum absolute atomic E-state index is 12.8. The average Bonchev–Trinajstić information content (AvgIpc) is 2.80. The van der Waals surface area contributed by atoms with E-state index in [9.17, 15) is 29.1 Å². The zero-order chi connectivity index (χ0) is 24.3. The standard InChI is InChI=1S/C20H20N6O7/c1-9(27)13(17(29)23-11-7-5-4-6-10(11)19(31)33-3)24-16(28)12-8-21-15-14(22-12)18(30)26(2)20(32)25-15/h4-9,13,27H,1-3H3,(H,23,29)(H,24,28)(H,21,25,32)/t9-,13+/m1/s1. The Hall–Kier alpha value is -4.39. The summed E-state index contributed by atoms with van der Waals surface area (Å²) in [6, 6.07) is 4.60. The van der Waals surface area contributed by atoms with Crippen molar-refractivity contribution in [3.05, 3.63) is 62.6 Å². The summed E-state index contributed by atoms with van der Waals surface area (Å²) in [4.78, 5) is 71.4. The first kappa shape index (κ1) is 23.3. The molecule has 13 heteroatoms. The Morgan fingerprint density at radius 3 is 2.58 bits per heavy atom. The molecule has 2 heterocycles. The minimum atomic E-state index is -1.45. The summed E-state index contributed by atoms with van der Waals surface area (Å²) in [6.45, 7) is 1.28. The largest absolute Gasteiger partial charge is 0.465 e. The molecule has 0 bridgehead atoms. The number of para-hydroxylation sites is 1. The maximum atomic E-state index is 12.8. The van der Waals surface area contributed by atoms with Crippen LogP contribution in [0.2, 0.25) is 0 Å². The molecule has 0 saturated heterocycles. The van der Waals surface area contributed by atoms with Gasteiger partial charge in [-0.15, -0.1) is 0 Å². The Bertz CT molecular complexity index is 1360. The Morgan fingerprint density at radius 2 is 1.91 bits per heavy atom. The van der Waals surface area contributed by atoms with Crippen molar-refractivity contribution in [3.8, 4) is 0 Å². The number of aromatic nitrogens is 4. The summed E-state index contributed by atoms with van der Waals surface area (Å²) in [5, 5.41) is 14.9. The van der Waals surface area contributed by atoms with E-state index in [1.165, 1.54) is 33.2 Å². The second-order valence-corrected chi connectivity index (χ2v) is 6.96. The fourth-order valence-electron chi connectivity index (χ4n) is 2.89. The highest BCUT2D eigenvalue weighted by Gasteiger charge is 2.28. The van der Waals surface area contributed by atoms with E-state index in [2.05, 4.69) is 30.3 Å². The van der Waals surface area contributed by atoms with E-state index in [1.54, 1.807) is 12.1 Å². The first-order valence-electron chi connectivity index (χ1n) is 9.57. The molecule has 0 radical (unpaired) electrons. The molecule has 0 unspecified atom stereocenters. The van der Waals surface area contributed by atoms with Gasteiger partial charge in [0.1, 0.15) is 11.7 Å². The van der Waals surface area contributed by atoms with Gasteiger partial charge < -0.3 is 20.5 Å². The normalized spacial score (nSPS) is 12.6. The molecule has 0 aliphatic rings. The molecule has 13 nitrogen and oxygen atoms in total. The molecule has 2 amide bonds. The Balaban J connectivity index is 1.86. The Morgan fingerprint density at radius 1 is 1.21 bits per heavy atom. The van der Waals surface area contributed by atoms with Gasteiger partial charge in [-0.2, -0.15) is 0 Å². The van der Waals surface area contributed by atoms with Crippen LogP contribution in [0.25, 0.3) is 11.2 Å². The third kappa shape index (κ3) is 4.77. The molecule has 4 N–H and O–H groups in total. The first-order valence-corrected chi connectivity index (χ1v) is 9.57. The van der Waals surface area contributed by atoms with Crippen molar-refractivity contribution in [1.29, 1.82) is 0 Å². The van der Waals surface area contributed by atoms with Gasteiger partial charge in [0.25, 0.3) is 11.5 Å². The van der Waals surface area contributed by atoms with Crippen molar-refractivity contribution >= 4 is 34.6 Å². The van der Waals surface area contributed by atoms with Crippen LogP contribution in [0, 0.1) is 0 Å². The molecule has 0 fully saturated rings. The van der Waals surface area contributed by atoms with Gasteiger partial charge in [0.2, 0.25) is 5.91 Å². The van der Waals surface area contributed by atoms with Crippen molar-refractivity contribution in [3.63, 3.8) is 0 Å². The zero-order valence-electron chi connectivity index (χ0n) is 17.8. The number of rotatable bonds is 6. The van der Waals surface area contributed by atoms with Gasteiger partial charge in [-0.3, -0.25) is 23.9 Å². The summed E-state index contributed by atoms with van der Waals surface area (Å²) >= 11 is 0. The van der Waals surface area contributed by atoms with Gasteiger partial charge in [-0.05, 0) is 19.1 Å². The molecule has 3 aromatic rings. The summed E-state index contributed by atoms with van der Waals surface area (Å²) in [5.74, 6) is -2.40. The second kappa shape index (κ2) is 9.40. The van der Waals surface area contributed by atoms with E-state index >= 15 is 0 Å². The molecule has 3 rings (SSSR count). The van der Waals surface area contributed by atoms with Crippen molar-refractivity contribution < 1.29 is 24.2 Å². The number of H-pyrrole nitrogens is 1. The molecule has 2 aromatic heterocycles. The number of amides is 2.